The summed E-state index contributed by atoms with van der Waals surface area (Å²) < 4.78 is 0. The van der Waals surface area contributed by atoms with Crippen LogP contribution in [0.15, 0.2) is 0 Å². The summed E-state index contributed by atoms with van der Waals surface area (Å²) in [5, 5.41) is 2.94. The molecular weight excluding hydrogens is 202 g/mol. The second-order valence-corrected chi connectivity index (χ2v) is 4.78. The Hall–Kier alpha value is -0.610. The molecule has 0 saturated heterocycles. The van der Waals surface area contributed by atoms with E-state index in [0.29, 0.717) is 13.1 Å². The van der Waals surface area contributed by atoms with Crippen LogP contribution >= 0.6 is 0 Å². The van der Waals surface area contributed by atoms with Crippen molar-refractivity contribution in [2.45, 2.75) is 34.1 Å². The molecular formula is C12H27N3O. The lowest BCUT2D eigenvalue weighted by atomic mass is 9.93. The van der Waals surface area contributed by atoms with Crippen LogP contribution in [0.1, 0.15) is 34.1 Å². The fourth-order valence-electron chi connectivity index (χ4n) is 1.40. The van der Waals surface area contributed by atoms with E-state index in [1.54, 1.807) is 0 Å². The zero-order valence-corrected chi connectivity index (χ0v) is 11.2. The van der Waals surface area contributed by atoms with E-state index in [1.807, 2.05) is 13.8 Å². The molecule has 0 heterocycles. The van der Waals surface area contributed by atoms with Crippen molar-refractivity contribution in [1.82, 2.24) is 10.2 Å². The van der Waals surface area contributed by atoms with Gasteiger partial charge < -0.3 is 16.0 Å². The van der Waals surface area contributed by atoms with E-state index in [2.05, 4.69) is 24.1 Å². The first-order valence-corrected chi connectivity index (χ1v) is 6.18. The van der Waals surface area contributed by atoms with Crippen LogP contribution in [0.4, 0.5) is 0 Å². The van der Waals surface area contributed by atoms with Crippen LogP contribution in [0.5, 0.6) is 0 Å². The summed E-state index contributed by atoms with van der Waals surface area (Å²) in [6.45, 7) is 12.2. The lowest BCUT2D eigenvalue weighted by Gasteiger charge is -2.23. The maximum Gasteiger partial charge on any atom is 0.226 e. The standard InChI is InChI=1S/C12H27N3O/c1-5-8-15(6-2)9-7-14-11(16)12(3,4)10-13/h5-10,13H2,1-4H3,(H,14,16). The van der Waals surface area contributed by atoms with Gasteiger partial charge in [0.05, 0.1) is 5.41 Å². The second-order valence-electron chi connectivity index (χ2n) is 4.78. The molecule has 3 N–H and O–H groups in total. The van der Waals surface area contributed by atoms with Gasteiger partial charge in [0.15, 0.2) is 0 Å². The molecule has 0 unspecified atom stereocenters. The van der Waals surface area contributed by atoms with Crippen LogP contribution in [0.2, 0.25) is 0 Å². The molecule has 0 aromatic carbocycles. The van der Waals surface area contributed by atoms with Gasteiger partial charge in [0.25, 0.3) is 0 Å². The molecule has 1 amide bonds. The summed E-state index contributed by atoms with van der Waals surface area (Å²) >= 11 is 0. The maximum absolute atomic E-state index is 11.7. The molecule has 0 atom stereocenters. The van der Waals surface area contributed by atoms with Crippen LogP contribution in [-0.4, -0.2) is 43.5 Å². The van der Waals surface area contributed by atoms with Crippen molar-refractivity contribution in [3.8, 4) is 0 Å². The molecule has 0 aliphatic rings. The highest BCUT2D eigenvalue weighted by Crippen LogP contribution is 2.11. The average Bonchev–Trinajstić information content (AvgIpc) is 2.27. The predicted molar refractivity (Wildman–Crippen MR) is 68.3 cm³/mol. The van der Waals surface area contributed by atoms with Crippen LogP contribution < -0.4 is 11.1 Å². The van der Waals surface area contributed by atoms with E-state index < -0.39 is 5.41 Å². The summed E-state index contributed by atoms with van der Waals surface area (Å²) in [6, 6.07) is 0. The topological polar surface area (TPSA) is 58.4 Å². The minimum Gasteiger partial charge on any atom is -0.354 e. The van der Waals surface area contributed by atoms with Gasteiger partial charge in [-0.1, -0.05) is 13.8 Å². The number of nitrogens with zero attached hydrogens (tertiary/aromatic N) is 1. The second kappa shape index (κ2) is 7.63. The first-order valence-electron chi connectivity index (χ1n) is 6.18. The molecule has 0 radical (unpaired) electrons. The van der Waals surface area contributed by atoms with Gasteiger partial charge in [-0.25, -0.2) is 0 Å². The number of hydrogen-bond acceptors (Lipinski definition) is 3. The van der Waals surface area contributed by atoms with Crippen molar-refractivity contribution < 1.29 is 4.79 Å². The molecule has 0 aliphatic carbocycles. The normalized spacial score (nSPS) is 11.9. The SMILES string of the molecule is CCCN(CC)CCNC(=O)C(C)(C)CN. The fraction of sp³-hybridized carbons (Fsp3) is 0.917. The Morgan fingerprint density at radius 1 is 1.31 bits per heavy atom. The fourth-order valence-corrected chi connectivity index (χ4v) is 1.40. The largest absolute Gasteiger partial charge is 0.354 e. The van der Waals surface area contributed by atoms with Crippen molar-refractivity contribution in [3.05, 3.63) is 0 Å². The third kappa shape index (κ3) is 5.47. The lowest BCUT2D eigenvalue weighted by Crippen LogP contribution is -2.44. The molecule has 0 rings (SSSR count). The number of carbonyl (C=O) groups is 1. The molecule has 0 aromatic rings. The van der Waals surface area contributed by atoms with E-state index in [4.69, 9.17) is 5.73 Å². The number of hydrogen-bond donors (Lipinski definition) is 2. The maximum atomic E-state index is 11.7. The van der Waals surface area contributed by atoms with E-state index in [-0.39, 0.29) is 5.91 Å². The Morgan fingerprint density at radius 2 is 1.94 bits per heavy atom. The minimum absolute atomic E-state index is 0.0440. The zero-order chi connectivity index (χ0) is 12.6. The molecule has 4 heteroatoms. The third-order valence-corrected chi connectivity index (χ3v) is 2.83. The number of amides is 1. The van der Waals surface area contributed by atoms with Gasteiger partial charge in [-0.2, -0.15) is 0 Å². The molecule has 0 aliphatic heterocycles. The van der Waals surface area contributed by atoms with E-state index in [9.17, 15) is 4.79 Å². The van der Waals surface area contributed by atoms with Crippen LogP contribution in [0.25, 0.3) is 0 Å². The Bertz CT molecular complexity index is 204. The van der Waals surface area contributed by atoms with Gasteiger partial charge in [-0.3, -0.25) is 4.79 Å². The third-order valence-electron chi connectivity index (χ3n) is 2.83. The van der Waals surface area contributed by atoms with Gasteiger partial charge in [-0.05, 0) is 33.4 Å². The minimum atomic E-state index is -0.457. The van der Waals surface area contributed by atoms with Crippen molar-refractivity contribution in [2.24, 2.45) is 11.1 Å². The number of nitrogens with one attached hydrogen (secondary N) is 1. The van der Waals surface area contributed by atoms with Crippen molar-refractivity contribution in [1.29, 1.82) is 0 Å². The number of carbonyl (C=O) groups excluding carboxylic acids is 1. The van der Waals surface area contributed by atoms with Crippen molar-refractivity contribution >= 4 is 5.91 Å². The van der Waals surface area contributed by atoms with E-state index in [0.717, 1.165) is 26.1 Å². The summed E-state index contributed by atoms with van der Waals surface area (Å²) in [5.41, 5.74) is 5.08. The first-order chi connectivity index (χ1) is 7.47. The smallest absolute Gasteiger partial charge is 0.226 e. The van der Waals surface area contributed by atoms with Crippen LogP contribution in [0.3, 0.4) is 0 Å². The molecule has 16 heavy (non-hydrogen) atoms. The van der Waals surface area contributed by atoms with Gasteiger partial charge >= 0.3 is 0 Å². The van der Waals surface area contributed by atoms with Gasteiger partial charge in [0, 0.05) is 19.6 Å². The van der Waals surface area contributed by atoms with Gasteiger partial charge in [-0.15, -0.1) is 0 Å². The molecule has 0 bridgehead atoms. The number of nitrogens with two attached hydrogens (primary N) is 1. The molecule has 0 spiro atoms. The van der Waals surface area contributed by atoms with E-state index in [1.165, 1.54) is 0 Å². The highest BCUT2D eigenvalue weighted by molar-refractivity contribution is 5.81. The van der Waals surface area contributed by atoms with Crippen molar-refractivity contribution in [3.63, 3.8) is 0 Å². The lowest BCUT2D eigenvalue weighted by molar-refractivity contribution is -0.128. The zero-order valence-electron chi connectivity index (χ0n) is 11.2. The van der Waals surface area contributed by atoms with Crippen LogP contribution in [0, 0.1) is 5.41 Å². The first kappa shape index (κ1) is 15.4. The monoisotopic (exact) mass is 229 g/mol. The number of likely N-dealkylation sites (N-methyl/N-ethyl adjacent to an activating group) is 1. The average molecular weight is 229 g/mol. The number of rotatable bonds is 8. The predicted octanol–water partition coefficient (Wildman–Crippen LogP) is 0.819. The van der Waals surface area contributed by atoms with Crippen LogP contribution in [-0.2, 0) is 4.79 Å². The summed E-state index contributed by atoms with van der Waals surface area (Å²) in [6.07, 6.45) is 1.15. The molecule has 0 fully saturated rings. The Morgan fingerprint density at radius 3 is 2.38 bits per heavy atom. The molecule has 0 saturated carbocycles. The summed E-state index contributed by atoms with van der Waals surface area (Å²) in [7, 11) is 0. The highest BCUT2D eigenvalue weighted by Gasteiger charge is 2.25. The summed E-state index contributed by atoms with van der Waals surface area (Å²) in [5.74, 6) is 0.0440. The highest BCUT2D eigenvalue weighted by atomic mass is 16.2. The Balaban J connectivity index is 3.84. The Labute approximate surface area is 99.6 Å². The van der Waals surface area contributed by atoms with Crippen molar-refractivity contribution in [2.75, 3.05) is 32.7 Å². The molecule has 96 valence electrons. The van der Waals surface area contributed by atoms with Gasteiger partial charge in [0.1, 0.15) is 0 Å². The molecule has 0 aromatic heterocycles. The Kier molecular flexibility index (Phi) is 7.34. The molecule has 4 nitrogen and oxygen atoms in total. The van der Waals surface area contributed by atoms with Gasteiger partial charge in [0.2, 0.25) is 5.91 Å². The summed E-state index contributed by atoms with van der Waals surface area (Å²) in [4.78, 5) is 14.0. The van der Waals surface area contributed by atoms with E-state index >= 15 is 0 Å². The quantitative estimate of drug-likeness (QED) is 0.648.